The molecular weight excluding hydrogens is 199 g/mol. The minimum atomic E-state index is -0.974. The molecule has 0 fully saturated rings. The Morgan fingerprint density at radius 2 is 1.93 bits per heavy atom. The molecule has 0 aliphatic carbocycles. The summed E-state index contributed by atoms with van der Waals surface area (Å²) in [6, 6.07) is 5.37. The van der Waals surface area contributed by atoms with Gasteiger partial charge in [0.25, 0.3) is 0 Å². The van der Waals surface area contributed by atoms with Crippen LogP contribution in [0.2, 0.25) is 0 Å². The van der Waals surface area contributed by atoms with E-state index in [1.54, 1.807) is 6.92 Å². The Bertz CT molecular complexity index is 334. The van der Waals surface area contributed by atoms with Crippen LogP contribution in [0, 0.1) is 11.7 Å². The first-order chi connectivity index (χ1) is 7.06. The molecule has 0 aromatic heterocycles. The highest BCUT2D eigenvalue weighted by atomic mass is 19.1. The minimum absolute atomic E-state index is 0.378. The van der Waals surface area contributed by atoms with Gasteiger partial charge in [-0.05, 0) is 24.6 Å². The predicted octanol–water partition coefficient (Wildman–Crippen LogP) is 1.67. The van der Waals surface area contributed by atoms with Crippen LogP contribution >= 0.6 is 0 Å². The smallest absolute Gasteiger partial charge is 0.311 e. The van der Waals surface area contributed by atoms with E-state index >= 15 is 0 Å². The van der Waals surface area contributed by atoms with Crippen molar-refractivity contribution in [2.45, 2.75) is 13.0 Å². The quantitative estimate of drug-likeness (QED) is 0.775. The van der Waals surface area contributed by atoms with Gasteiger partial charge < -0.3 is 9.84 Å². The van der Waals surface area contributed by atoms with Gasteiger partial charge in [0.2, 0.25) is 0 Å². The first-order valence-electron chi connectivity index (χ1n) is 4.57. The van der Waals surface area contributed by atoms with Gasteiger partial charge in [-0.2, -0.15) is 0 Å². The maximum atomic E-state index is 12.6. The fourth-order valence-corrected chi connectivity index (χ4v) is 1.26. The van der Waals surface area contributed by atoms with Crippen molar-refractivity contribution >= 4 is 5.97 Å². The van der Waals surface area contributed by atoms with Crippen molar-refractivity contribution in [3.63, 3.8) is 0 Å². The Hall–Kier alpha value is -1.42. The Balaban J connectivity index is 2.80. The highest BCUT2D eigenvalue weighted by Gasteiger charge is 2.23. The first kappa shape index (κ1) is 11.7. The van der Waals surface area contributed by atoms with E-state index in [1.807, 2.05) is 0 Å². The third kappa shape index (κ3) is 2.76. The lowest BCUT2D eigenvalue weighted by molar-refractivity contribution is -0.148. The van der Waals surface area contributed by atoms with Crippen LogP contribution in [0.1, 0.15) is 18.6 Å². The molecule has 1 aromatic rings. The van der Waals surface area contributed by atoms with Crippen molar-refractivity contribution in [1.29, 1.82) is 0 Å². The molecule has 15 heavy (non-hydrogen) atoms. The summed E-state index contributed by atoms with van der Waals surface area (Å²) in [6.07, 6.45) is -0.974. The van der Waals surface area contributed by atoms with Gasteiger partial charge in [0.15, 0.2) is 0 Å². The van der Waals surface area contributed by atoms with Crippen LogP contribution in [0.15, 0.2) is 24.3 Å². The molecule has 1 rings (SSSR count). The van der Waals surface area contributed by atoms with E-state index in [4.69, 9.17) is 0 Å². The zero-order chi connectivity index (χ0) is 11.4. The minimum Gasteiger partial charge on any atom is -0.469 e. The third-order valence-corrected chi connectivity index (χ3v) is 2.26. The van der Waals surface area contributed by atoms with Gasteiger partial charge in [-0.1, -0.05) is 12.1 Å². The van der Waals surface area contributed by atoms with Crippen LogP contribution in [0.25, 0.3) is 0 Å². The summed E-state index contributed by atoms with van der Waals surface area (Å²) in [7, 11) is 1.26. The number of hydrogen-bond donors (Lipinski definition) is 1. The fourth-order valence-electron chi connectivity index (χ4n) is 1.26. The van der Waals surface area contributed by atoms with E-state index in [-0.39, 0.29) is 5.82 Å². The molecule has 2 atom stereocenters. The Morgan fingerprint density at radius 3 is 2.40 bits per heavy atom. The lowest BCUT2D eigenvalue weighted by Gasteiger charge is -2.16. The average Bonchev–Trinajstić information content (AvgIpc) is 2.27. The van der Waals surface area contributed by atoms with Crippen molar-refractivity contribution < 1.29 is 19.0 Å². The van der Waals surface area contributed by atoms with E-state index in [1.165, 1.54) is 31.4 Å². The van der Waals surface area contributed by atoms with E-state index in [9.17, 15) is 14.3 Å². The number of carbonyl (C=O) groups excluding carboxylic acids is 1. The van der Waals surface area contributed by atoms with Crippen molar-refractivity contribution in [3.05, 3.63) is 35.6 Å². The Labute approximate surface area is 87.5 Å². The molecule has 1 aromatic carbocycles. The van der Waals surface area contributed by atoms with Gasteiger partial charge in [-0.25, -0.2) is 4.39 Å². The highest BCUT2D eigenvalue weighted by Crippen LogP contribution is 2.22. The van der Waals surface area contributed by atoms with Gasteiger partial charge in [0, 0.05) is 0 Å². The van der Waals surface area contributed by atoms with Gasteiger partial charge in [-0.15, -0.1) is 0 Å². The van der Waals surface area contributed by atoms with Gasteiger partial charge in [0.05, 0.1) is 19.1 Å². The molecule has 0 bridgehead atoms. The van der Waals surface area contributed by atoms with Crippen molar-refractivity contribution in [2.75, 3.05) is 7.11 Å². The molecule has 0 saturated heterocycles. The normalized spacial score (nSPS) is 14.4. The van der Waals surface area contributed by atoms with Crippen molar-refractivity contribution in [1.82, 2.24) is 0 Å². The molecule has 0 saturated carbocycles. The number of benzene rings is 1. The molecule has 1 N–H and O–H groups in total. The molecule has 0 amide bonds. The molecule has 3 nitrogen and oxygen atoms in total. The average molecular weight is 212 g/mol. The molecule has 82 valence electrons. The lowest BCUT2D eigenvalue weighted by Crippen LogP contribution is -2.20. The summed E-state index contributed by atoms with van der Waals surface area (Å²) in [5.74, 6) is -1.54. The van der Waals surface area contributed by atoms with E-state index in [0.717, 1.165) is 0 Å². The number of rotatable bonds is 3. The zero-order valence-electron chi connectivity index (χ0n) is 8.61. The van der Waals surface area contributed by atoms with Crippen LogP contribution in [0.3, 0.4) is 0 Å². The van der Waals surface area contributed by atoms with E-state index < -0.39 is 18.0 Å². The SMILES string of the molecule is COC(=O)[C@@H](C)[C@H](O)c1ccc(F)cc1. The second-order valence-corrected chi connectivity index (χ2v) is 3.31. The van der Waals surface area contributed by atoms with E-state index in [2.05, 4.69) is 4.74 Å². The largest absolute Gasteiger partial charge is 0.469 e. The standard InChI is InChI=1S/C11H13FO3/c1-7(11(14)15-2)10(13)8-3-5-9(12)6-4-8/h3-7,10,13H,1-2H3/t7-,10-/m0/s1. The topological polar surface area (TPSA) is 46.5 Å². The zero-order valence-corrected chi connectivity index (χ0v) is 8.61. The molecular formula is C11H13FO3. The molecule has 0 aliphatic heterocycles. The third-order valence-electron chi connectivity index (χ3n) is 2.26. The van der Waals surface area contributed by atoms with E-state index in [0.29, 0.717) is 5.56 Å². The summed E-state index contributed by atoms with van der Waals surface area (Å²) < 4.78 is 17.1. The van der Waals surface area contributed by atoms with Gasteiger partial charge in [-0.3, -0.25) is 4.79 Å². The summed E-state index contributed by atoms with van der Waals surface area (Å²) in [4.78, 5) is 11.1. The van der Waals surface area contributed by atoms with Crippen LogP contribution in [-0.4, -0.2) is 18.2 Å². The number of hydrogen-bond acceptors (Lipinski definition) is 3. The van der Waals surface area contributed by atoms with Crippen LogP contribution < -0.4 is 0 Å². The molecule has 0 radical (unpaired) electrons. The summed E-state index contributed by atoms with van der Waals surface area (Å²) in [5.41, 5.74) is 0.495. The lowest BCUT2D eigenvalue weighted by atomic mass is 9.98. The Morgan fingerprint density at radius 1 is 1.40 bits per heavy atom. The van der Waals surface area contributed by atoms with Crippen LogP contribution in [-0.2, 0) is 9.53 Å². The maximum Gasteiger partial charge on any atom is 0.311 e. The van der Waals surface area contributed by atoms with Gasteiger partial charge >= 0.3 is 5.97 Å². The number of aliphatic hydroxyl groups excluding tert-OH is 1. The summed E-state index contributed by atoms with van der Waals surface area (Å²) in [6.45, 7) is 1.56. The molecule has 0 unspecified atom stereocenters. The number of carbonyl (C=O) groups is 1. The first-order valence-corrected chi connectivity index (χ1v) is 4.57. The number of halogens is 1. The number of methoxy groups -OCH3 is 1. The second kappa shape index (κ2) is 4.89. The Kier molecular flexibility index (Phi) is 3.80. The summed E-state index contributed by atoms with van der Waals surface area (Å²) in [5, 5.41) is 9.76. The number of ether oxygens (including phenoxy) is 1. The van der Waals surface area contributed by atoms with Crippen molar-refractivity contribution in [3.8, 4) is 0 Å². The molecule has 0 heterocycles. The molecule has 0 spiro atoms. The second-order valence-electron chi connectivity index (χ2n) is 3.31. The molecule has 4 heteroatoms. The van der Waals surface area contributed by atoms with Crippen LogP contribution in [0.5, 0.6) is 0 Å². The predicted molar refractivity (Wildman–Crippen MR) is 52.5 cm³/mol. The highest BCUT2D eigenvalue weighted by molar-refractivity contribution is 5.72. The van der Waals surface area contributed by atoms with Crippen LogP contribution in [0.4, 0.5) is 4.39 Å². The van der Waals surface area contributed by atoms with Gasteiger partial charge in [0.1, 0.15) is 5.82 Å². The summed E-state index contributed by atoms with van der Waals surface area (Å²) >= 11 is 0. The maximum absolute atomic E-state index is 12.6. The molecule has 0 aliphatic rings. The monoisotopic (exact) mass is 212 g/mol. The van der Waals surface area contributed by atoms with Crippen molar-refractivity contribution in [2.24, 2.45) is 5.92 Å². The number of aliphatic hydroxyl groups is 1. The fraction of sp³-hybridized carbons (Fsp3) is 0.364. The number of esters is 1.